The van der Waals surface area contributed by atoms with Gasteiger partial charge >= 0.3 is 18.0 Å². The Hall–Kier alpha value is -3.67. The first-order valence-corrected chi connectivity index (χ1v) is 17.3. The Morgan fingerprint density at radius 3 is 1.06 bits per heavy atom. The van der Waals surface area contributed by atoms with Crippen LogP contribution in [0.5, 0.6) is 0 Å². The fourth-order valence-corrected chi connectivity index (χ4v) is 4.73. The van der Waals surface area contributed by atoms with Gasteiger partial charge in [0, 0.05) is 13.1 Å². The highest BCUT2D eigenvalue weighted by Crippen LogP contribution is 2.17. The molecular weight excluding hydrogens is 652 g/mol. The van der Waals surface area contributed by atoms with E-state index in [-0.39, 0.29) is 63.5 Å². The molecule has 17 heteroatoms. The highest BCUT2D eigenvalue weighted by Gasteiger charge is 2.40. The number of rotatable bonds is 22. The summed E-state index contributed by atoms with van der Waals surface area (Å²) in [5.41, 5.74) is 23.3. The van der Waals surface area contributed by atoms with Crippen molar-refractivity contribution in [3.8, 4) is 0 Å². The molecule has 0 unspecified atom stereocenters. The first-order chi connectivity index (χ1) is 23.1. The molecular formula is C33H62N8O9. The van der Waals surface area contributed by atoms with Gasteiger partial charge in [-0.15, -0.1) is 0 Å². The minimum Gasteiger partial charge on any atom is -0.480 e. The smallest absolute Gasteiger partial charge is 0.333 e. The topological polar surface area (TPSA) is 295 Å². The van der Waals surface area contributed by atoms with Crippen LogP contribution in [0.15, 0.2) is 0 Å². The van der Waals surface area contributed by atoms with Gasteiger partial charge < -0.3 is 43.8 Å². The molecule has 288 valence electrons. The van der Waals surface area contributed by atoms with Crippen molar-refractivity contribution in [2.24, 2.45) is 46.6 Å². The summed E-state index contributed by atoms with van der Waals surface area (Å²) in [5.74, 6) is -6.87. The van der Waals surface area contributed by atoms with Crippen molar-refractivity contribution in [1.82, 2.24) is 20.4 Å². The number of hydrogen-bond acceptors (Lipinski definition) is 11. The highest BCUT2D eigenvalue weighted by atomic mass is 16.4. The quantitative estimate of drug-likeness (QED) is 0.0695. The summed E-state index contributed by atoms with van der Waals surface area (Å²) in [5, 5.41) is 23.6. The van der Waals surface area contributed by atoms with Gasteiger partial charge in [0.2, 0.25) is 11.8 Å². The molecule has 0 saturated carbocycles. The van der Waals surface area contributed by atoms with Crippen molar-refractivity contribution in [3.05, 3.63) is 0 Å². The number of hydrogen-bond donors (Lipinski definition) is 8. The lowest BCUT2D eigenvalue weighted by Gasteiger charge is -2.35. The third kappa shape index (κ3) is 15.1. The van der Waals surface area contributed by atoms with E-state index in [4.69, 9.17) is 22.9 Å². The van der Waals surface area contributed by atoms with Crippen molar-refractivity contribution < 1.29 is 43.8 Å². The Labute approximate surface area is 295 Å². The molecule has 0 rings (SSSR count). The van der Waals surface area contributed by atoms with Gasteiger partial charge in [-0.1, -0.05) is 55.4 Å². The lowest BCUT2D eigenvalue weighted by atomic mass is 9.99. The monoisotopic (exact) mass is 714 g/mol. The molecule has 0 heterocycles. The van der Waals surface area contributed by atoms with Crippen molar-refractivity contribution in [2.45, 2.75) is 130 Å². The second-order valence-electron chi connectivity index (χ2n) is 14.1. The summed E-state index contributed by atoms with van der Waals surface area (Å²) < 4.78 is 0. The lowest BCUT2D eigenvalue weighted by molar-refractivity contribution is -0.140. The highest BCUT2D eigenvalue weighted by molar-refractivity contribution is 6.06. The molecule has 6 atom stereocenters. The SMILES string of the molecule is CC(C)[C@H](N)C(=O)N[C@H](C(=O)N(CCCC[C@H](N)C(=O)O)C(=O)N(CCCC[C@H](N)C(=O)O)C(=O)[C@@H](NC(=O)[C@@H](N)C(C)C)C(C)C)C(C)C. The molecule has 0 aromatic carbocycles. The summed E-state index contributed by atoms with van der Waals surface area (Å²) >= 11 is 0. The maximum atomic E-state index is 14.4. The van der Waals surface area contributed by atoms with Crippen LogP contribution in [-0.2, 0) is 28.8 Å². The molecule has 0 aromatic heterocycles. The number of carbonyl (C=O) groups is 7. The molecule has 0 spiro atoms. The average molecular weight is 715 g/mol. The van der Waals surface area contributed by atoms with Crippen molar-refractivity contribution in [1.29, 1.82) is 0 Å². The number of nitrogens with one attached hydrogen (secondary N) is 2. The number of nitrogens with two attached hydrogens (primary N) is 4. The van der Waals surface area contributed by atoms with Crippen LogP contribution >= 0.6 is 0 Å². The van der Waals surface area contributed by atoms with Gasteiger partial charge in [-0.05, 0) is 62.2 Å². The minimum absolute atomic E-state index is 0.0448. The van der Waals surface area contributed by atoms with Crippen LogP contribution in [-0.4, -0.2) is 111 Å². The Morgan fingerprint density at radius 2 is 0.820 bits per heavy atom. The molecule has 0 aliphatic heterocycles. The summed E-state index contributed by atoms with van der Waals surface area (Å²) in [7, 11) is 0. The number of carboxylic acids is 2. The van der Waals surface area contributed by atoms with Gasteiger partial charge in [0.05, 0.1) is 12.1 Å². The largest absolute Gasteiger partial charge is 0.480 e. The van der Waals surface area contributed by atoms with Crippen LogP contribution < -0.4 is 33.6 Å². The molecule has 12 N–H and O–H groups in total. The molecule has 50 heavy (non-hydrogen) atoms. The van der Waals surface area contributed by atoms with Crippen LogP contribution in [0.25, 0.3) is 0 Å². The Bertz CT molecular complexity index is 1080. The maximum absolute atomic E-state index is 14.4. The van der Waals surface area contributed by atoms with Gasteiger partial charge in [0.25, 0.3) is 11.8 Å². The van der Waals surface area contributed by atoms with E-state index < -0.39 is 89.7 Å². The lowest BCUT2D eigenvalue weighted by Crippen LogP contribution is -2.61. The fraction of sp³-hybridized carbons (Fsp3) is 0.788. The summed E-state index contributed by atoms with van der Waals surface area (Å²) in [4.78, 5) is 92.8. The number of urea groups is 1. The van der Waals surface area contributed by atoms with Crippen molar-refractivity contribution in [3.63, 3.8) is 0 Å². The first kappa shape index (κ1) is 46.3. The van der Waals surface area contributed by atoms with E-state index in [0.717, 1.165) is 9.80 Å². The molecule has 0 aliphatic carbocycles. The van der Waals surface area contributed by atoms with E-state index in [0.29, 0.717) is 0 Å². The van der Waals surface area contributed by atoms with E-state index >= 15 is 0 Å². The number of nitrogens with zero attached hydrogens (tertiary/aromatic N) is 2. The molecule has 6 amide bonds. The van der Waals surface area contributed by atoms with Crippen LogP contribution in [0, 0.1) is 23.7 Å². The van der Waals surface area contributed by atoms with Crippen LogP contribution in [0.4, 0.5) is 4.79 Å². The number of unbranched alkanes of at least 4 members (excludes halogenated alkanes) is 2. The van der Waals surface area contributed by atoms with Crippen molar-refractivity contribution >= 4 is 41.6 Å². The number of amides is 6. The van der Waals surface area contributed by atoms with Crippen LogP contribution in [0.2, 0.25) is 0 Å². The third-order valence-electron chi connectivity index (χ3n) is 8.42. The van der Waals surface area contributed by atoms with E-state index in [1.807, 2.05) is 0 Å². The van der Waals surface area contributed by atoms with Gasteiger partial charge in [0.15, 0.2) is 0 Å². The summed E-state index contributed by atoms with van der Waals surface area (Å²) in [6.07, 6.45) is 0.741. The molecule has 0 aliphatic rings. The van der Waals surface area contributed by atoms with Gasteiger partial charge in [-0.2, -0.15) is 0 Å². The minimum atomic E-state index is -1.23. The number of carboxylic acid groups (broad SMARTS) is 2. The average Bonchev–Trinajstić information content (AvgIpc) is 3.03. The predicted molar refractivity (Wildman–Crippen MR) is 187 cm³/mol. The zero-order chi connectivity index (χ0) is 39.0. The Balaban J connectivity index is 6.84. The normalized spacial score (nSPS) is 15.2. The number of imide groups is 2. The number of carbonyl (C=O) groups excluding carboxylic acids is 5. The summed E-state index contributed by atoms with van der Waals surface area (Å²) in [6, 6.07) is -7.73. The van der Waals surface area contributed by atoms with Crippen LogP contribution in [0.3, 0.4) is 0 Å². The van der Waals surface area contributed by atoms with E-state index in [9.17, 15) is 43.8 Å². The van der Waals surface area contributed by atoms with Crippen LogP contribution in [0.1, 0.15) is 93.9 Å². The maximum Gasteiger partial charge on any atom is 0.333 e. The molecule has 17 nitrogen and oxygen atoms in total. The van der Waals surface area contributed by atoms with E-state index in [1.54, 1.807) is 55.4 Å². The van der Waals surface area contributed by atoms with Gasteiger partial charge in [0.1, 0.15) is 24.2 Å². The van der Waals surface area contributed by atoms with E-state index in [1.165, 1.54) is 0 Å². The molecule has 0 radical (unpaired) electrons. The first-order valence-electron chi connectivity index (χ1n) is 17.3. The van der Waals surface area contributed by atoms with Gasteiger partial charge in [-0.25, -0.2) is 4.79 Å². The van der Waals surface area contributed by atoms with E-state index in [2.05, 4.69) is 10.6 Å². The van der Waals surface area contributed by atoms with Gasteiger partial charge in [-0.3, -0.25) is 38.6 Å². The summed E-state index contributed by atoms with van der Waals surface area (Å²) in [6.45, 7) is 13.1. The zero-order valence-electron chi connectivity index (χ0n) is 30.9. The Kier molecular flexibility index (Phi) is 20.6. The number of aliphatic carboxylic acids is 2. The third-order valence-corrected chi connectivity index (χ3v) is 8.42. The Morgan fingerprint density at radius 1 is 0.520 bits per heavy atom. The molecule has 0 bridgehead atoms. The second-order valence-corrected chi connectivity index (χ2v) is 14.1. The zero-order valence-corrected chi connectivity index (χ0v) is 30.9. The standard InChI is InChI=1S/C33H62N8O9/c1-17(2)23(36)27(42)38-25(19(5)6)29(44)40(15-11-9-13-21(34)31(46)47)33(50)41(16-12-10-14-22(35)32(48)49)30(45)26(20(7)8)39-28(43)24(37)18(3)4/h17-26H,9-16,34-37H2,1-8H3,(H,38,42)(H,39,43)(H,46,47)(H,48,49)/t21-,22-,23-,24-,25-,26-/m0/s1. The second kappa shape index (κ2) is 22.2. The predicted octanol–water partition coefficient (Wildman–Crippen LogP) is 0.176. The molecule has 0 fully saturated rings. The molecule has 0 aromatic rings. The molecule has 0 saturated heterocycles. The van der Waals surface area contributed by atoms with Crippen molar-refractivity contribution in [2.75, 3.05) is 13.1 Å². The fourth-order valence-electron chi connectivity index (χ4n) is 4.73.